The van der Waals surface area contributed by atoms with E-state index in [0.717, 1.165) is 6.26 Å². The fourth-order valence-corrected chi connectivity index (χ4v) is 4.03. The number of anilines is 1. The molecule has 0 radical (unpaired) electrons. The number of H-pyrrole nitrogens is 1. The average Bonchev–Trinajstić information content (AvgIpc) is 2.95. The number of rotatable bonds is 5. The van der Waals surface area contributed by atoms with E-state index in [1.807, 2.05) is 0 Å². The van der Waals surface area contributed by atoms with Gasteiger partial charge in [-0.2, -0.15) is 0 Å². The van der Waals surface area contributed by atoms with Gasteiger partial charge in [-0.25, -0.2) is 23.2 Å². The van der Waals surface area contributed by atoms with Gasteiger partial charge in [0.25, 0.3) is 5.91 Å². The highest BCUT2D eigenvalue weighted by Gasteiger charge is 2.26. The van der Waals surface area contributed by atoms with E-state index in [9.17, 15) is 23.1 Å². The highest BCUT2D eigenvalue weighted by Crippen LogP contribution is 2.29. The van der Waals surface area contributed by atoms with Crippen LogP contribution in [0.4, 0.5) is 5.82 Å². The summed E-state index contributed by atoms with van der Waals surface area (Å²) in [6.07, 6.45) is 1.99. The Bertz CT molecular complexity index is 1110. The second-order valence-electron chi connectivity index (χ2n) is 6.96. The minimum atomic E-state index is -3.78. The molecule has 0 saturated carbocycles. The Kier molecular flexibility index (Phi) is 6.25. The number of hydrogen-bond donors (Lipinski definition) is 3. The lowest BCUT2D eigenvalue weighted by Crippen LogP contribution is -2.45. The van der Waals surface area contributed by atoms with Crippen molar-refractivity contribution in [1.82, 2.24) is 20.3 Å². The van der Waals surface area contributed by atoms with Gasteiger partial charge in [0, 0.05) is 37.1 Å². The summed E-state index contributed by atoms with van der Waals surface area (Å²) in [5.41, 5.74) is 0.395. The van der Waals surface area contributed by atoms with Crippen molar-refractivity contribution >= 4 is 50.7 Å². The standard InChI is InChI=1S/C17H19Cl2N5O5S/c1-8-12(18)13(19)14(20-8)15(25)21-9-3-5-24(6-4-9)11-7-10(16(26)27)22-17(23-11)30(2,28)29/h7,9,20H,3-6H2,1-2H3,(H,21,25)(H,26,27). The van der Waals surface area contributed by atoms with Gasteiger partial charge >= 0.3 is 5.97 Å². The molecule has 30 heavy (non-hydrogen) atoms. The Labute approximate surface area is 182 Å². The van der Waals surface area contributed by atoms with Crippen LogP contribution in [0.25, 0.3) is 0 Å². The van der Waals surface area contributed by atoms with Crippen molar-refractivity contribution < 1.29 is 23.1 Å². The Morgan fingerprint density at radius 2 is 1.87 bits per heavy atom. The predicted molar refractivity (Wildman–Crippen MR) is 110 cm³/mol. The highest BCUT2D eigenvalue weighted by molar-refractivity contribution is 7.90. The van der Waals surface area contributed by atoms with Crippen LogP contribution < -0.4 is 10.2 Å². The number of amides is 1. The van der Waals surface area contributed by atoms with E-state index in [-0.39, 0.29) is 28.5 Å². The normalized spacial score (nSPS) is 15.3. The van der Waals surface area contributed by atoms with Crippen LogP contribution in [0.15, 0.2) is 11.2 Å². The summed E-state index contributed by atoms with van der Waals surface area (Å²) in [5.74, 6) is -1.51. The van der Waals surface area contributed by atoms with Crippen LogP contribution in [-0.4, -0.2) is 65.7 Å². The third-order valence-corrected chi connectivity index (χ3v) is 6.47. The molecule has 0 spiro atoms. The lowest BCUT2D eigenvalue weighted by atomic mass is 10.0. The van der Waals surface area contributed by atoms with Gasteiger partial charge in [-0.15, -0.1) is 0 Å². The predicted octanol–water partition coefficient (Wildman–Crippen LogP) is 1.92. The maximum absolute atomic E-state index is 12.5. The number of carboxylic acids is 1. The van der Waals surface area contributed by atoms with E-state index in [0.29, 0.717) is 36.6 Å². The van der Waals surface area contributed by atoms with E-state index in [4.69, 9.17) is 23.2 Å². The maximum atomic E-state index is 12.5. The zero-order valence-electron chi connectivity index (χ0n) is 16.1. The molecule has 0 aromatic carbocycles. The molecule has 0 aliphatic carbocycles. The van der Waals surface area contributed by atoms with Crippen LogP contribution in [-0.2, 0) is 9.84 Å². The number of nitrogens with zero attached hydrogens (tertiary/aromatic N) is 3. The molecular formula is C17H19Cl2N5O5S. The van der Waals surface area contributed by atoms with Gasteiger partial charge in [-0.1, -0.05) is 23.2 Å². The minimum Gasteiger partial charge on any atom is -0.477 e. The van der Waals surface area contributed by atoms with Crippen molar-refractivity contribution in [2.24, 2.45) is 0 Å². The van der Waals surface area contributed by atoms with Crippen LogP contribution in [0.2, 0.25) is 10.0 Å². The first-order valence-corrected chi connectivity index (χ1v) is 11.5. The summed E-state index contributed by atoms with van der Waals surface area (Å²) in [4.78, 5) is 36.0. The van der Waals surface area contributed by atoms with Crippen LogP contribution >= 0.6 is 23.2 Å². The molecule has 3 N–H and O–H groups in total. The van der Waals surface area contributed by atoms with Crippen molar-refractivity contribution in [2.45, 2.75) is 31.0 Å². The molecule has 3 heterocycles. The lowest BCUT2D eigenvalue weighted by molar-refractivity contribution is 0.0689. The quantitative estimate of drug-likeness (QED) is 0.555. The number of sulfone groups is 1. The largest absolute Gasteiger partial charge is 0.477 e. The number of aromatic carboxylic acids is 1. The number of nitrogens with one attached hydrogen (secondary N) is 2. The van der Waals surface area contributed by atoms with E-state index < -0.39 is 26.7 Å². The number of hydrogen-bond acceptors (Lipinski definition) is 7. The average molecular weight is 476 g/mol. The third kappa shape index (κ3) is 4.68. The highest BCUT2D eigenvalue weighted by atomic mass is 35.5. The van der Waals surface area contributed by atoms with Crippen molar-refractivity contribution in [1.29, 1.82) is 0 Å². The molecule has 0 bridgehead atoms. The fraction of sp³-hybridized carbons (Fsp3) is 0.412. The molecule has 1 aliphatic rings. The van der Waals surface area contributed by atoms with Crippen molar-refractivity contribution in [3.63, 3.8) is 0 Å². The van der Waals surface area contributed by atoms with Gasteiger partial charge in [0.1, 0.15) is 11.5 Å². The topological polar surface area (TPSA) is 145 Å². The first-order chi connectivity index (χ1) is 14.0. The van der Waals surface area contributed by atoms with E-state index in [2.05, 4.69) is 20.3 Å². The SMILES string of the molecule is Cc1[nH]c(C(=O)NC2CCN(c3cc(C(=O)O)nc(S(C)(=O)=O)n3)CC2)c(Cl)c1Cl. The van der Waals surface area contributed by atoms with Crippen LogP contribution in [0.1, 0.15) is 39.5 Å². The second kappa shape index (κ2) is 8.40. The molecule has 1 fully saturated rings. The summed E-state index contributed by atoms with van der Waals surface area (Å²) in [6.45, 7) is 2.58. The van der Waals surface area contributed by atoms with Gasteiger partial charge in [-0.3, -0.25) is 4.79 Å². The Morgan fingerprint density at radius 1 is 1.23 bits per heavy atom. The number of halogens is 2. The van der Waals surface area contributed by atoms with Gasteiger partial charge < -0.3 is 20.3 Å². The minimum absolute atomic E-state index is 0.151. The molecule has 2 aromatic rings. The molecular weight excluding hydrogens is 457 g/mol. The van der Waals surface area contributed by atoms with Crippen LogP contribution in [0.5, 0.6) is 0 Å². The fourth-order valence-electron chi connectivity index (χ4n) is 3.09. The molecule has 0 unspecified atom stereocenters. The summed E-state index contributed by atoms with van der Waals surface area (Å²) < 4.78 is 23.6. The number of aromatic nitrogens is 3. The first-order valence-electron chi connectivity index (χ1n) is 8.89. The summed E-state index contributed by atoms with van der Waals surface area (Å²) in [6, 6.07) is 1.08. The number of piperidine rings is 1. The summed E-state index contributed by atoms with van der Waals surface area (Å²) >= 11 is 12.1. The third-order valence-electron chi connectivity index (χ3n) is 4.68. The van der Waals surface area contributed by atoms with Crippen LogP contribution in [0.3, 0.4) is 0 Å². The van der Waals surface area contributed by atoms with E-state index >= 15 is 0 Å². The summed E-state index contributed by atoms with van der Waals surface area (Å²) in [5, 5.41) is 12.0. The number of carboxylic acid groups (broad SMARTS) is 1. The molecule has 10 nitrogen and oxygen atoms in total. The zero-order valence-corrected chi connectivity index (χ0v) is 18.4. The van der Waals surface area contributed by atoms with Crippen molar-refractivity contribution in [3.8, 4) is 0 Å². The monoisotopic (exact) mass is 475 g/mol. The molecule has 13 heteroatoms. The lowest BCUT2D eigenvalue weighted by Gasteiger charge is -2.33. The van der Waals surface area contributed by atoms with E-state index in [1.165, 1.54) is 6.07 Å². The van der Waals surface area contributed by atoms with Crippen molar-refractivity contribution in [2.75, 3.05) is 24.2 Å². The van der Waals surface area contributed by atoms with Gasteiger partial charge in [0.2, 0.25) is 15.0 Å². The Balaban J connectivity index is 1.71. The Hall–Kier alpha value is -2.37. The molecule has 2 aromatic heterocycles. The van der Waals surface area contributed by atoms with Gasteiger partial charge in [0.05, 0.1) is 10.0 Å². The molecule has 3 rings (SSSR count). The number of carbonyl (C=O) groups is 2. The zero-order chi connectivity index (χ0) is 22.2. The molecule has 162 valence electrons. The number of aryl methyl sites for hydroxylation is 1. The number of carbonyl (C=O) groups excluding carboxylic acids is 1. The Morgan fingerprint density at radius 3 is 2.37 bits per heavy atom. The smallest absolute Gasteiger partial charge is 0.354 e. The van der Waals surface area contributed by atoms with E-state index in [1.54, 1.807) is 11.8 Å². The van der Waals surface area contributed by atoms with Crippen molar-refractivity contribution in [3.05, 3.63) is 33.2 Å². The van der Waals surface area contributed by atoms with Gasteiger partial charge in [-0.05, 0) is 19.8 Å². The molecule has 1 amide bonds. The second-order valence-corrected chi connectivity index (χ2v) is 9.62. The van der Waals surface area contributed by atoms with Crippen LogP contribution in [0, 0.1) is 6.92 Å². The summed E-state index contributed by atoms with van der Waals surface area (Å²) in [7, 11) is -3.78. The number of aromatic amines is 1. The molecule has 0 atom stereocenters. The molecule has 1 saturated heterocycles. The maximum Gasteiger partial charge on any atom is 0.354 e. The first kappa shape index (κ1) is 22.3. The van der Waals surface area contributed by atoms with Gasteiger partial charge in [0.15, 0.2) is 5.69 Å². The molecule has 1 aliphatic heterocycles.